The Balaban J connectivity index is 1.62. The number of alkyl halides is 3. The van der Waals surface area contributed by atoms with Crippen LogP contribution in [0.15, 0.2) is 78.9 Å². The Labute approximate surface area is 196 Å². The number of benzene rings is 3. The number of carbonyl (C=O) groups is 2. The predicted molar refractivity (Wildman–Crippen MR) is 117 cm³/mol. The zero-order valence-corrected chi connectivity index (χ0v) is 17.8. The number of hydrogen-bond acceptors (Lipinski definition) is 6. The minimum Gasteiger partial charge on any atom is -0.273 e. The summed E-state index contributed by atoms with van der Waals surface area (Å²) >= 11 is 0. The summed E-state index contributed by atoms with van der Waals surface area (Å²) in [6.07, 6.45) is -6.05. The molecule has 0 radical (unpaired) electrons. The first-order chi connectivity index (χ1) is 16.7. The summed E-state index contributed by atoms with van der Waals surface area (Å²) in [5.41, 5.74) is -0.951. The quantitative estimate of drug-likeness (QED) is 0.304. The van der Waals surface area contributed by atoms with Gasteiger partial charge >= 0.3 is 6.18 Å². The fraction of sp³-hybridized carbons (Fsp3) is 0.167. The van der Waals surface area contributed by atoms with Gasteiger partial charge in [-0.05, 0) is 36.4 Å². The number of carbonyl (C=O) groups excluding carboxylic acids is 2. The second-order valence-electron chi connectivity index (χ2n) is 8.03. The molecule has 2 saturated heterocycles. The number of halogens is 3. The molecule has 2 aliphatic heterocycles. The van der Waals surface area contributed by atoms with E-state index in [9.17, 15) is 32.9 Å². The van der Waals surface area contributed by atoms with Crippen molar-refractivity contribution >= 4 is 28.9 Å². The van der Waals surface area contributed by atoms with E-state index in [2.05, 4.69) is 0 Å². The van der Waals surface area contributed by atoms with Crippen LogP contribution in [0.5, 0.6) is 0 Å². The lowest BCUT2D eigenvalue weighted by Crippen LogP contribution is -2.37. The van der Waals surface area contributed by atoms with E-state index < -0.39 is 46.5 Å². The van der Waals surface area contributed by atoms with E-state index >= 15 is 0 Å². The van der Waals surface area contributed by atoms with Gasteiger partial charge < -0.3 is 0 Å². The van der Waals surface area contributed by atoms with E-state index in [0.29, 0.717) is 16.7 Å². The van der Waals surface area contributed by atoms with Crippen LogP contribution in [0.1, 0.15) is 17.2 Å². The highest BCUT2D eigenvalue weighted by Crippen LogP contribution is 2.49. The van der Waals surface area contributed by atoms with Crippen molar-refractivity contribution < 1.29 is 32.5 Å². The molecule has 11 heteroatoms. The molecule has 0 bridgehead atoms. The van der Waals surface area contributed by atoms with E-state index in [1.807, 2.05) is 0 Å². The lowest BCUT2D eigenvalue weighted by atomic mass is 9.89. The molecule has 8 nitrogen and oxygen atoms in total. The van der Waals surface area contributed by atoms with Crippen molar-refractivity contribution in [2.45, 2.75) is 18.3 Å². The molecule has 5 rings (SSSR count). The van der Waals surface area contributed by atoms with Gasteiger partial charge in [0.15, 0.2) is 6.10 Å². The average Bonchev–Trinajstić information content (AvgIpc) is 3.35. The average molecular weight is 483 g/mol. The van der Waals surface area contributed by atoms with Crippen molar-refractivity contribution in [1.82, 2.24) is 0 Å². The highest BCUT2D eigenvalue weighted by molar-refractivity contribution is 6.24. The number of nitro groups is 1. The summed E-state index contributed by atoms with van der Waals surface area (Å²) in [4.78, 5) is 44.5. The van der Waals surface area contributed by atoms with E-state index in [4.69, 9.17) is 4.84 Å². The van der Waals surface area contributed by atoms with Gasteiger partial charge in [-0.1, -0.05) is 36.4 Å². The lowest BCUT2D eigenvalue weighted by Gasteiger charge is -2.28. The van der Waals surface area contributed by atoms with Gasteiger partial charge in [0.1, 0.15) is 12.0 Å². The summed E-state index contributed by atoms with van der Waals surface area (Å²) in [5, 5.41) is 13.0. The first-order valence-corrected chi connectivity index (χ1v) is 10.5. The second-order valence-corrected chi connectivity index (χ2v) is 8.03. The van der Waals surface area contributed by atoms with Crippen molar-refractivity contribution in [3.8, 4) is 0 Å². The van der Waals surface area contributed by atoms with Gasteiger partial charge in [0.25, 0.3) is 11.6 Å². The summed E-state index contributed by atoms with van der Waals surface area (Å²) in [6, 6.07) is 17.0. The number of rotatable bonds is 4. The normalized spacial score (nSPS) is 22.0. The van der Waals surface area contributed by atoms with Crippen LogP contribution < -0.4 is 9.96 Å². The number of nitro benzene ring substituents is 1. The number of anilines is 2. The van der Waals surface area contributed by atoms with Crippen molar-refractivity contribution in [3.63, 3.8) is 0 Å². The third kappa shape index (κ3) is 3.69. The third-order valence-corrected chi connectivity index (χ3v) is 6.01. The molecule has 178 valence electrons. The SMILES string of the molecule is O=C1[C@H]2[C@H](ON(c3ccccc3)[C@@H]2c2ccccc2[N+](=O)[O-])C(=O)N1c1cccc(C(F)(F)F)c1. The molecule has 0 N–H and O–H groups in total. The zero-order chi connectivity index (χ0) is 24.9. The van der Waals surface area contributed by atoms with Crippen molar-refractivity contribution in [3.05, 3.63) is 100 Å². The van der Waals surface area contributed by atoms with Crippen LogP contribution >= 0.6 is 0 Å². The summed E-state index contributed by atoms with van der Waals surface area (Å²) in [7, 11) is 0. The highest BCUT2D eigenvalue weighted by Gasteiger charge is 2.61. The maximum atomic E-state index is 13.5. The van der Waals surface area contributed by atoms with Crippen LogP contribution in [0.3, 0.4) is 0 Å². The maximum absolute atomic E-state index is 13.5. The van der Waals surface area contributed by atoms with Crippen LogP contribution in [-0.4, -0.2) is 22.8 Å². The number of nitrogens with zero attached hydrogens (tertiary/aromatic N) is 3. The molecule has 3 atom stereocenters. The van der Waals surface area contributed by atoms with E-state index in [1.165, 1.54) is 29.3 Å². The van der Waals surface area contributed by atoms with Crippen molar-refractivity contribution in [1.29, 1.82) is 0 Å². The van der Waals surface area contributed by atoms with E-state index in [0.717, 1.165) is 12.1 Å². The van der Waals surface area contributed by atoms with Gasteiger partial charge in [0.05, 0.1) is 27.4 Å². The molecule has 0 spiro atoms. The number of hydroxylamine groups is 1. The smallest absolute Gasteiger partial charge is 0.273 e. The Bertz CT molecular complexity index is 1330. The van der Waals surface area contributed by atoms with E-state index in [1.54, 1.807) is 36.4 Å². The minimum atomic E-state index is -4.68. The summed E-state index contributed by atoms with van der Waals surface area (Å²) < 4.78 is 39.7. The number of hydrogen-bond donors (Lipinski definition) is 0. The number of amides is 2. The van der Waals surface area contributed by atoms with Crippen LogP contribution in [-0.2, 0) is 20.6 Å². The fourth-order valence-corrected chi connectivity index (χ4v) is 4.51. The van der Waals surface area contributed by atoms with Crippen LogP contribution in [0.4, 0.5) is 30.2 Å². The molecule has 2 fully saturated rings. The zero-order valence-electron chi connectivity index (χ0n) is 17.8. The summed E-state index contributed by atoms with van der Waals surface area (Å²) in [5.74, 6) is -2.87. The Hall–Kier alpha value is -4.25. The van der Waals surface area contributed by atoms with Gasteiger partial charge in [-0.3, -0.25) is 24.5 Å². The Morgan fingerprint density at radius 1 is 0.857 bits per heavy atom. The van der Waals surface area contributed by atoms with Crippen molar-refractivity contribution in [2.24, 2.45) is 5.92 Å². The Kier molecular flexibility index (Phi) is 5.28. The Morgan fingerprint density at radius 2 is 1.51 bits per heavy atom. The largest absolute Gasteiger partial charge is 0.416 e. The minimum absolute atomic E-state index is 0.140. The number of imide groups is 1. The molecule has 3 aromatic rings. The molecule has 0 saturated carbocycles. The van der Waals surface area contributed by atoms with Crippen molar-refractivity contribution in [2.75, 3.05) is 9.96 Å². The monoisotopic (exact) mass is 483 g/mol. The van der Waals surface area contributed by atoms with Crippen LogP contribution in [0.25, 0.3) is 0 Å². The predicted octanol–water partition coefficient (Wildman–Crippen LogP) is 4.66. The third-order valence-electron chi connectivity index (χ3n) is 6.01. The molecule has 3 aromatic carbocycles. The maximum Gasteiger partial charge on any atom is 0.416 e. The van der Waals surface area contributed by atoms with Crippen LogP contribution in [0, 0.1) is 16.0 Å². The van der Waals surface area contributed by atoms with Gasteiger partial charge in [-0.15, -0.1) is 0 Å². The van der Waals surface area contributed by atoms with Gasteiger partial charge in [0, 0.05) is 6.07 Å². The molecular weight excluding hydrogens is 467 g/mol. The Morgan fingerprint density at radius 3 is 2.20 bits per heavy atom. The first-order valence-electron chi connectivity index (χ1n) is 10.5. The molecule has 0 aliphatic carbocycles. The first kappa shape index (κ1) is 22.5. The molecule has 0 unspecified atom stereocenters. The molecule has 35 heavy (non-hydrogen) atoms. The van der Waals surface area contributed by atoms with Gasteiger partial charge in [-0.2, -0.15) is 13.2 Å². The summed E-state index contributed by atoms with van der Waals surface area (Å²) in [6.45, 7) is 0. The molecular formula is C24H16F3N3O5. The van der Waals surface area contributed by atoms with Gasteiger partial charge in [0.2, 0.25) is 5.91 Å². The molecule has 2 amide bonds. The topological polar surface area (TPSA) is 93.0 Å². The fourth-order valence-electron chi connectivity index (χ4n) is 4.51. The van der Waals surface area contributed by atoms with E-state index in [-0.39, 0.29) is 16.9 Å². The number of fused-ring (bicyclic) bond motifs is 1. The highest BCUT2D eigenvalue weighted by atomic mass is 19.4. The van der Waals surface area contributed by atoms with Crippen LogP contribution in [0.2, 0.25) is 0 Å². The van der Waals surface area contributed by atoms with Gasteiger partial charge in [-0.25, -0.2) is 9.96 Å². The molecule has 2 aliphatic rings. The standard InChI is InChI=1S/C24H16F3N3O5/c25-24(26,27)14-7-6-10-16(13-14)28-22(31)19-20(17-11-4-5-12-18(17)30(33)34)29(35-21(19)23(28)32)15-8-2-1-3-9-15/h1-13,19-21H/t19-,20-,21+/m1/s1. The number of para-hydroxylation sites is 2. The molecule has 0 aromatic heterocycles. The molecule has 2 heterocycles. The second kappa shape index (κ2) is 8.20. The lowest BCUT2D eigenvalue weighted by molar-refractivity contribution is -0.385.